The average molecular weight is 224 g/mol. The Labute approximate surface area is 94.9 Å². The molecule has 4 saturated carbocycles. The van der Waals surface area contributed by atoms with E-state index in [1.165, 1.54) is 6.08 Å². The van der Waals surface area contributed by atoms with Crippen LogP contribution in [0.25, 0.3) is 0 Å². The molecule has 0 amide bonds. The first-order valence-corrected chi connectivity index (χ1v) is 6.07. The van der Waals surface area contributed by atoms with Crippen molar-refractivity contribution in [2.45, 2.75) is 49.8 Å². The van der Waals surface area contributed by atoms with E-state index in [0.29, 0.717) is 31.1 Å². The molecule has 0 aromatic heterocycles. The first-order valence-electron chi connectivity index (χ1n) is 6.07. The fourth-order valence-corrected chi connectivity index (χ4v) is 4.44. The molecule has 0 saturated heterocycles. The molecule has 0 heterocycles. The number of hydrogen-bond donors (Lipinski definition) is 0. The van der Waals surface area contributed by atoms with Gasteiger partial charge in [-0.2, -0.15) is 0 Å². The summed E-state index contributed by atoms with van der Waals surface area (Å²) in [6.07, 6.45) is 5.78. The van der Waals surface area contributed by atoms with Gasteiger partial charge in [0.15, 0.2) is 0 Å². The van der Waals surface area contributed by atoms with Gasteiger partial charge in [0, 0.05) is 12.5 Å². The molecule has 3 heteroatoms. The molecule has 0 aromatic carbocycles. The van der Waals surface area contributed by atoms with E-state index in [-0.39, 0.29) is 0 Å². The van der Waals surface area contributed by atoms with Crippen molar-refractivity contribution < 1.29 is 13.9 Å². The number of halogens is 1. The van der Waals surface area contributed by atoms with E-state index >= 15 is 0 Å². The van der Waals surface area contributed by atoms with Crippen LogP contribution in [0.5, 0.6) is 0 Å². The van der Waals surface area contributed by atoms with E-state index in [1.807, 2.05) is 0 Å². The van der Waals surface area contributed by atoms with Crippen LogP contribution in [0.15, 0.2) is 12.7 Å². The van der Waals surface area contributed by atoms with Gasteiger partial charge in [-0.25, -0.2) is 9.18 Å². The quantitative estimate of drug-likeness (QED) is 0.532. The summed E-state index contributed by atoms with van der Waals surface area (Å²) in [7, 11) is 0. The minimum atomic E-state index is -1.06. The molecule has 0 aliphatic heterocycles. The summed E-state index contributed by atoms with van der Waals surface area (Å²) >= 11 is 0. The van der Waals surface area contributed by atoms with Gasteiger partial charge in [0.1, 0.15) is 11.3 Å². The highest BCUT2D eigenvalue weighted by Crippen LogP contribution is 2.60. The Kier molecular flexibility index (Phi) is 1.99. The Morgan fingerprint density at radius 3 is 2.44 bits per heavy atom. The first-order chi connectivity index (χ1) is 7.53. The summed E-state index contributed by atoms with van der Waals surface area (Å²) in [6.45, 7) is 3.41. The zero-order chi connectivity index (χ0) is 11.4. The smallest absolute Gasteiger partial charge is 0.330 e. The van der Waals surface area contributed by atoms with Crippen LogP contribution in [0.1, 0.15) is 38.5 Å². The van der Waals surface area contributed by atoms with Crippen molar-refractivity contribution in [2.75, 3.05) is 0 Å². The molecule has 0 spiro atoms. The fourth-order valence-electron chi connectivity index (χ4n) is 4.44. The van der Waals surface area contributed by atoms with E-state index in [1.54, 1.807) is 0 Å². The Morgan fingerprint density at radius 1 is 1.31 bits per heavy atom. The summed E-state index contributed by atoms with van der Waals surface area (Å²) in [6, 6.07) is 0. The van der Waals surface area contributed by atoms with Gasteiger partial charge in [-0.3, -0.25) is 0 Å². The maximum absolute atomic E-state index is 14.5. The highest BCUT2D eigenvalue weighted by molar-refractivity contribution is 5.81. The predicted molar refractivity (Wildman–Crippen MR) is 57.5 cm³/mol. The third-order valence-electron chi connectivity index (χ3n) is 4.42. The van der Waals surface area contributed by atoms with Gasteiger partial charge in [-0.05, 0) is 43.9 Å². The van der Waals surface area contributed by atoms with Crippen LogP contribution >= 0.6 is 0 Å². The molecular weight excluding hydrogens is 207 g/mol. The summed E-state index contributed by atoms with van der Waals surface area (Å²) in [5, 5.41) is 0. The summed E-state index contributed by atoms with van der Waals surface area (Å²) in [4.78, 5) is 11.3. The summed E-state index contributed by atoms with van der Waals surface area (Å²) in [5.41, 5.74) is -1.57. The number of rotatable bonds is 2. The molecule has 0 N–H and O–H groups in total. The second kappa shape index (κ2) is 3.08. The van der Waals surface area contributed by atoms with Crippen molar-refractivity contribution in [3.8, 4) is 0 Å². The standard InChI is InChI=1S/C13H17FO2/c1-2-11(15)16-13-6-9-3-10(7-13)5-12(14,4-9)8-13/h2,9-10H,1,3-8H2. The third-order valence-corrected chi connectivity index (χ3v) is 4.42. The lowest BCUT2D eigenvalue weighted by Gasteiger charge is -2.57. The SMILES string of the molecule is C=CC(=O)OC12CC3CC(CC(F)(C3)C1)C2. The fraction of sp³-hybridized carbons (Fsp3) is 0.769. The highest BCUT2D eigenvalue weighted by Gasteiger charge is 2.60. The molecule has 4 rings (SSSR count). The number of carbonyl (C=O) groups is 1. The Balaban J connectivity index is 1.86. The van der Waals surface area contributed by atoms with Crippen molar-refractivity contribution in [3.63, 3.8) is 0 Å². The van der Waals surface area contributed by atoms with Gasteiger partial charge in [0.2, 0.25) is 0 Å². The second-order valence-corrected chi connectivity index (χ2v) is 5.92. The lowest BCUT2D eigenvalue weighted by molar-refractivity contribution is -0.199. The normalized spacial score (nSPS) is 49.1. The molecule has 4 aliphatic rings. The van der Waals surface area contributed by atoms with Crippen LogP contribution in [0.2, 0.25) is 0 Å². The van der Waals surface area contributed by atoms with E-state index in [4.69, 9.17) is 4.74 Å². The van der Waals surface area contributed by atoms with E-state index in [9.17, 15) is 9.18 Å². The van der Waals surface area contributed by atoms with Crippen LogP contribution in [-0.2, 0) is 9.53 Å². The van der Waals surface area contributed by atoms with Gasteiger partial charge < -0.3 is 4.74 Å². The number of hydrogen-bond acceptors (Lipinski definition) is 2. The predicted octanol–water partition coefficient (Wildman–Crippen LogP) is 2.78. The largest absolute Gasteiger partial charge is 0.456 e. The molecule has 0 aromatic rings. The maximum Gasteiger partial charge on any atom is 0.330 e. The zero-order valence-electron chi connectivity index (χ0n) is 9.38. The van der Waals surface area contributed by atoms with Gasteiger partial charge in [-0.15, -0.1) is 0 Å². The van der Waals surface area contributed by atoms with Crippen molar-refractivity contribution in [1.29, 1.82) is 0 Å². The Bertz CT molecular complexity index is 336. The number of esters is 1. The molecule has 4 aliphatic carbocycles. The van der Waals surface area contributed by atoms with E-state index < -0.39 is 17.2 Å². The van der Waals surface area contributed by atoms with E-state index in [2.05, 4.69) is 6.58 Å². The lowest BCUT2D eigenvalue weighted by atomic mass is 9.53. The van der Waals surface area contributed by atoms with Gasteiger partial charge >= 0.3 is 5.97 Å². The minimum Gasteiger partial charge on any atom is -0.456 e. The Hall–Kier alpha value is -0.860. The van der Waals surface area contributed by atoms with Crippen LogP contribution < -0.4 is 0 Å². The van der Waals surface area contributed by atoms with Crippen molar-refractivity contribution in [2.24, 2.45) is 11.8 Å². The van der Waals surface area contributed by atoms with Crippen molar-refractivity contribution in [1.82, 2.24) is 0 Å². The molecule has 4 fully saturated rings. The van der Waals surface area contributed by atoms with Crippen molar-refractivity contribution >= 4 is 5.97 Å². The number of alkyl halides is 1. The summed E-state index contributed by atoms with van der Waals surface area (Å²) < 4.78 is 19.9. The Morgan fingerprint density at radius 2 is 1.94 bits per heavy atom. The van der Waals surface area contributed by atoms with Crippen LogP contribution in [0, 0.1) is 11.8 Å². The molecule has 16 heavy (non-hydrogen) atoms. The average Bonchev–Trinajstić information content (AvgIpc) is 2.12. The topological polar surface area (TPSA) is 26.3 Å². The number of carbonyl (C=O) groups excluding carboxylic acids is 1. The first kappa shape index (κ1) is 10.3. The second-order valence-electron chi connectivity index (χ2n) is 5.92. The maximum atomic E-state index is 14.5. The molecular formula is C13H17FO2. The third kappa shape index (κ3) is 1.48. The molecule has 2 unspecified atom stereocenters. The zero-order valence-corrected chi connectivity index (χ0v) is 9.38. The lowest BCUT2D eigenvalue weighted by Crippen LogP contribution is -2.58. The van der Waals surface area contributed by atoms with E-state index in [0.717, 1.165) is 19.3 Å². The minimum absolute atomic E-state index is 0.398. The van der Waals surface area contributed by atoms with Gasteiger partial charge in [0.25, 0.3) is 0 Å². The van der Waals surface area contributed by atoms with Gasteiger partial charge in [0.05, 0.1) is 0 Å². The molecule has 2 atom stereocenters. The summed E-state index contributed by atoms with van der Waals surface area (Å²) in [5.74, 6) is 0.443. The number of ether oxygens (including phenoxy) is 1. The molecule has 4 bridgehead atoms. The monoisotopic (exact) mass is 224 g/mol. The highest BCUT2D eigenvalue weighted by atomic mass is 19.1. The molecule has 2 nitrogen and oxygen atoms in total. The van der Waals surface area contributed by atoms with Gasteiger partial charge in [-0.1, -0.05) is 6.58 Å². The van der Waals surface area contributed by atoms with Crippen LogP contribution in [-0.4, -0.2) is 17.2 Å². The molecule has 88 valence electrons. The van der Waals surface area contributed by atoms with Crippen LogP contribution in [0.3, 0.4) is 0 Å². The van der Waals surface area contributed by atoms with Crippen molar-refractivity contribution in [3.05, 3.63) is 12.7 Å². The van der Waals surface area contributed by atoms with Crippen LogP contribution in [0.4, 0.5) is 4.39 Å². The molecule has 0 radical (unpaired) electrons.